The second-order valence-corrected chi connectivity index (χ2v) is 8.40. The van der Waals surface area contributed by atoms with Crippen LogP contribution in [-0.4, -0.2) is 32.2 Å². The minimum absolute atomic E-state index is 0.106. The third-order valence-corrected chi connectivity index (χ3v) is 5.67. The monoisotopic (exact) mass is 365 g/mol. The van der Waals surface area contributed by atoms with Crippen LogP contribution < -0.4 is 10.0 Å². The van der Waals surface area contributed by atoms with Crippen molar-refractivity contribution in [3.05, 3.63) is 29.8 Å². The molecule has 7 heteroatoms. The van der Waals surface area contributed by atoms with Crippen LogP contribution in [0.15, 0.2) is 34.2 Å². The Morgan fingerprint density at radius 1 is 1.20 bits per heavy atom. The fraction of sp³-hybridized carbons (Fsp3) is 0.556. The first kappa shape index (κ1) is 19.4. The summed E-state index contributed by atoms with van der Waals surface area (Å²) >= 11 is 0. The van der Waals surface area contributed by atoms with Crippen molar-refractivity contribution < 1.29 is 13.2 Å². The third-order valence-electron chi connectivity index (χ3n) is 4.28. The van der Waals surface area contributed by atoms with Crippen molar-refractivity contribution in [2.24, 2.45) is 10.9 Å². The highest BCUT2D eigenvalue weighted by Crippen LogP contribution is 2.23. The number of hydrogen-bond acceptors (Lipinski definition) is 4. The molecule has 1 aromatic rings. The number of rotatable bonds is 7. The van der Waals surface area contributed by atoms with Crippen molar-refractivity contribution in [1.29, 1.82) is 0 Å². The number of amides is 1. The number of benzene rings is 1. The molecule has 0 aliphatic carbocycles. The van der Waals surface area contributed by atoms with Crippen LogP contribution in [0.5, 0.6) is 0 Å². The molecule has 25 heavy (non-hydrogen) atoms. The molecule has 138 valence electrons. The number of carbonyl (C=O) groups is 1. The molecule has 0 bridgehead atoms. The van der Waals surface area contributed by atoms with Crippen molar-refractivity contribution in [2.75, 3.05) is 0 Å². The molecule has 2 N–H and O–H groups in total. The summed E-state index contributed by atoms with van der Waals surface area (Å²) in [7, 11) is -3.60. The van der Waals surface area contributed by atoms with E-state index in [1.807, 2.05) is 27.7 Å². The maximum Gasteiger partial charge on any atom is 0.263 e. The Kier molecular flexibility index (Phi) is 6.21. The van der Waals surface area contributed by atoms with Crippen LogP contribution >= 0.6 is 0 Å². The summed E-state index contributed by atoms with van der Waals surface area (Å²) in [5.74, 6) is 0.356. The second kappa shape index (κ2) is 7.99. The van der Waals surface area contributed by atoms with Crippen molar-refractivity contribution in [2.45, 2.75) is 63.9 Å². The number of fused-ring (bicyclic) bond motifs is 1. The van der Waals surface area contributed by atoms with Crippen LogP contribution in [0.1, 0.15) is 52.5 Å². The molecule has 0 saturated heterocycles. The normalized spacial score (nSPS) is 18.2. The zero-order valence-electron chi connectivity index (χ0n) is 15.2. The van der Waals surface area contributed by atoms with Crippen LogP contribution in [0, 0.1) is 5.92 Å². The van der Waals surface area contributed by atoms with Crippen LogP contribution in [0.4, 0.5) is 0 Å². The van der Waals surface area contributed by atoms with Gasteiger partial charge in [0.2, 0.25) is 5.91 Å². The van der Waals surface area contributed by atoms with E-state index in [4.69, 9.17) is 0 Å². The van der Waals surface area contributed by atoms with Gasteiger partial charge in [0.25, 0.3) is 10.0 Å². The molecule has 0 unspecified atom stereocenters. The molecule has 2 rings (SSSR count). The van der Waals surface area contributed by atoms with E-state index in [1.165, 1.54) is 0 Å². The molecule has 0 fully saturated rings. The van der Waals surface area contributed by atoms with Gasteiger partial charge in [0.15, 0.2) is 0 Å². The van der Waals surface area contributed by atoms with Gasteiger partial charge in [0.1, 0.15) is 11.9 Å². The molecule has 1 atom stereocenters. The Morgan fingerprint density at radius 2 is 1.84 bits per heavy atom. The van der Waals surface area contributed by atoms with Gasteiger partial charge in [0.05, 0.1) is 4.90 Å². The van der Waals surface area contributed by atoms with Gasteiger partial charge in [-0.2, -0.15) is 0 Å². The summed E-state index contributed by atoms with van der Waals surface area (Å²) in [5, 5.41) is 3.02. The molecule has 0 saturated carbocycles. The molecular formula is C18H27N3O3S. The Bertz CT molecular complexity index is 753. The second-order valence-electron chi connectivity index (χ2n) is 6.75. The first-order chi connectivity index (χ1) is 11.8. The maximum absolute atomic E-state index is 12.7. The fourth-order valence-corrected chi connectivity index (χ4v) is 4.08. The van der Waals surface area contributed by atoms with Crippen LogP contribution in [0.3, 0.4) is 0 Å². The molecule has 0 radical (unpaired) electrons. The van der Waals surface area contributed by atoms with Crippen LogP contribution in [-0.2, 0) is 14.8 Å². The number of nitrogens with zero attached hydrogens (tertiary/aromatic N) is 1. The van der Waals surface area contributed by atoms with E-state index in [0.717, 1.165) is 12.8 Å². The van der Waals surface area contributed by atoms with Gasteiger partial charge in [-0.25, -0.2) is 8.42 Å². The van der Waals surface area contributed by atoms with E-state index in [-0.39, 0.29) is 28.6 Å². The lowest BCUT2D eigenvalue weighted by Crippen LogP contribution is -2.41. The van der Waals surface area contributed by atoms with Gasteiger partial charge in [0, 0.05) is 11.6 Å². The molecule has 1 aliphatic heterocycles. The standard InChI is InChI=1S/C18H27N3O3S/c1-5-13(6-2)19-18(22)15(11-12(3)4)20-17-14-9-7-8-10-16(14)25(23,24)21-17/h7-10,12-13,15H,5-6,11H2,1-4H3,(H,19,22)(H,20,21)/t15-/m1/s1. The maximum atomic E-state index is 12.7. The minimum atomic E-state index is -3.60. The van der Waals surface area contributed by atoms with E-state index >= 15 is 0 Å². The Labute approximate surface area is 150 Å². The number of nitrogens with one attached hydrogen (secondary N) is 2. The highest BCUT2D eigenvalue weighted by molar-refractivity contribution is 7.90. The predicted octanol–water partition coefficient (Wildman–Crippen LogP) is 2.44. The molecule has 1 heterocycles. The van der Waals surface area contributed by atoms with Gasteiger partial charge in [-0.1, -0.05) is 39.8 Å². The number of hydrogen-bond donors (Lipinski definition) is 2. The summed E-state index contributed by atoms with van der Waals surface area (Å²) < 4.78 is 26.9. The van der Waals surface area contributed by atoms with Gasteiger partial charge < -0.3 is 5.32 Å². The number of carbonyl (C=O) groups excluding carboxylic acids is 1. The van der Waals surface area contributed by atoms with Crippen molar-refractivity contribution in [3.63, 3.8) is 0 Å². The number of sulfonamides is 1. The van der Waals surface area contributed by atoms with Gasteiger partial charge in [-0.15, -0.1) is 0 Å². The van der Waals surface area contributed by atoms with Crippen molar-refractivity contribution >= 4 is 21.8 Å². The average Bonchev–Trinajstić information content (AvgIpc) is 2.82. The molecule has 0 spiro atoms. The van der Waals surface area contributed by atoms with Crippen molar-refractivity contribution in [3.8, 4) is 0 Å². The molecule has 6 nitrogen and oxygen atoms in total. The highest BCUT2D eigenvalue weighted by Gasteiger charge is 2.32. The lowest BCUT2D eigenvalue weighted by atomic mass is 10.0. The van der Waals surface area contributed by atoms with Crippen LogP contribution in [0.25, 0.3) is 0 Å². The van der Waals surface area contributed by atoms with Gasteiger partial charge in [-0.3, -0.25) is 14.5 Å². The van der Waals surface area contributed by atoms with Crippen molar-refractivity contribution in [1.82, 2.24) is 10.0 Å². The molecule has 1 amide bonds. The Balaban J connectivity index is 2.34. The van der Waals surface area contributed by atoms with E-state index in [1.54, 1.807) is 24.3 Å². The molecule has 0 aromatic heterocycles. The van der Waals surface area contributed by atoms with E-state index in [9.17, 15) is 13.2 Å². The summed E-state index contributed by atoms with van der Waals surface area (Å²) in [6.45, 7) is 8.09. The summed E-state index contributed by atoms with van der Waals surface area (Å²) in [4.78, 5) is 17.4. The zero-order chi connectivity index (χ0) is 18.6. The summed E-state index contributed by atoms with van der Waals surface area (Å²) in [5.41, 5.74) is 0.520. The third kappa shape index (κ3) is 4.60. The van der Waals surface area contributed by atoms with E-state index < -0.39 is 16.1 Å². The smallest absolute Gasteiger partial charge is 0.263 e. The predicted molar refractivity (Wildman–Crippen MR) is 99.1 cm³/mol. The summed E-state index contributed by atoms with van der Waals surface area (Å²) in [6.07, 6.45) is 2.25. The minimum Gasteiger partial charge on any atom is -0.352 e. The number of amidine groups is 1. The lowest BCUT2D eigenvalue weighted by Gasteiger charge is -2.20. The quantitative estimate of drug-likeness (QED) is 0.778. The van der Waals surface area contributed by atoms with E-state index in [2.05, 4.69) is 15.0 Å². The first-order valence-electron chi connectivity index (χ1n) is 8.78. The molecular weight excluding hydrogens is 338 g/mol. The SMILES string of the molecule is CCC(CC)NC(=O)[C@@H](CC(C)C)N=C1NS(=O)(=O)c2ccccc21. The Hall–Kier alpha value is -1.89. The average molecular weight is 365 g/mol. The van der Waals surface area contributed by atoms with Gasteiger partial charge >= 0.3 is 0 Å². The topological polar surface area (TPSA) is 87.6 Å². The zero-order valence-corrected chi connectivity index (χ0v) is 16.1. The lowest BCUT2D eigenvalue weighted by molar-refractivity contribution is -0.123. The first-order valence-corrected chi connectivity index (χ1v) is 10.3. The van der Waals surface area contributed by atoms with E-state index in [0.29, 0.717) is 12.0 Å². The molecule has 1 aliphatic rings. The number of aliphatic imine (C=N–C) groups is 1. The summed E-state index contributed by atoms with van der Waals surface area (Å²) in [6, 6.07) is 6.17. The highest BCUT2D eigenvalue weighted by atomic mass is 32.2. The van der Waals surface area contributed by atoms with Crippen LogP contribution in [0.2, 0.25) is 0 Å². The Morgan fingerprint density at radius 3 is 2.44 bits per heavy atom. The van der Waals surface area contributed by atoms with Gasteiger partial charge in [-0.05, 0) is 37.3 Å². The largest absolute Gasteiger partial charge is 0.352 e. The molecule has 1 aromatic carbocycles. The fourth-order valence-electron chi connectivity index (χ4n) is 2.84.